The van der Waals surface area contributed by atoms with Gasteiger partial charge in [0.25, 0.3) is 0 Å². The first-order valence-electron chi connectivity index (χ1n) is 5.90. The molecule has 96 valence electrons. The lowest BCUT2D eigenvalue weighted by atomic mass is 10.0. The molecule has 0 saturated carbocycles. The summed E-state index contributed by atoms with van der Waals surface area (Å²) in [5, 5.41) is 3.28. The fourth-order valence-electron chi connectivity index (χ4n) is 1.84. The number of rotatable bonds is 6. The molecule has 0 saturated heterocycles. The Bertz CT molecular complexity index is 336. The lowest BCUT2D eigenvalue weighted by Gasteiger charge is -2.30. The monoisotopic (exact) mass is 256 g/mol. The van der Waals surface area contributed by atoms with Crippen LogP contribution < -0.4 is 11.1 Å². The zero-order valence-electron chi connectivity index (χ0n) is 10.7. The van der Waals surface area contributed by atoms with Gasteiger partial charge in [0.15, 0.2) is 0 Å². The highest BCUT2D eigenvalue weighted by molar-refractivity contribution is 8.00. The van der Waals surface area contributed by atoms with Crippen molar-refractivity contribution in [2.24, 2.45) is 0 Å². The molecule has 3 N–H and O–H groups in total. The first kappa shape index (κ1) is 14.2. The van der Waals surface area contributed by atoms with Crippen molar-refractivity contribution in [3.05, 3.63) is 24.0 Å². The van der Waals surface area contributed by atoms with Gasteiger partial charge in [0.05, 0.1) is 0 Å². The highest BCUT2D eigenvalue weighted by Gasteiger charge is 2.24. The Hall–Kier alpha value is -0.900. The summed E-state index contributed by atoms with van der Waals surface area (Å²) in [6.45, 7) is 5.19. The summed E-state index contributed by atoms with van der Waals surface area (Å²) in [5.74, 6) is -0.296. The molecule has 1 aromatic rings. The zero-order chi connectivity index (χ0) is 12.9. The number of hydrogen-bond acceptors (Lipinski definition) is 3. The molecule has 4 heteroatoms. The summed E-state index contributed by atoms with van der Waals surface area (Å²) in [6.07, 6.45) is 4.29. The second-order valence-electron chi connectivity index (χ2n) is 4.22. The van der Waals surface area contributed by atoms with Crippen molar-refractivity contribution in [3.63, 3.8) is 0 Å². The smallest absolute Gasteiger partial charge is 0.127 e. The predicted octanol–water partition coefficient (Wildman–Crippen LogP) is 3.74. The van der Waals surface area contributed by atoms with E-state index in [0.29, 0.717) is 5.69 Å². The van der Waals surface area contributed by atoms with Crippen molar-refractivity contribution >= 4 is 23.1 Å². The van der Waals surface area contributed by atoms with Gasteiger partial charge in [-0.05, 0) is 37.3 Å². The van der Waals surface area contributed by atoms with E-state index in [0.717, 1.165) is 25.1 Å². The molecule has 0 aliphatic rings. The summed E-state index contributed by atoms with van der Waals surface area (Å²) in [7, 11) is 0. The fraction of sp³-hybridized carbons (Fsp3) is 0.538. The maximum Gasteiger partial charge on any atom is 0.127 e. The molecule has 0 aliphatic heterocycles. The minimum absolute atomic E-state index is 0.209. The van der Waals surface area contributed by atoms with E-state index in [1.807, 2.05) is 11.8 Å². The molecule has 1 aromatic carbocycles. The molecular formula is C13H21FN2S. The molecule has 0 bridgehead atoms. The second-order valence-corrected chi connectivity index (χ2v) is 5.50. The lowest BCUT2D eigenvalue weighted by Crippen LogP contribution is -2.32. The summed E-state index contributed by atoms with van der Waals surface area (Å²) < 4.78 is 13.4. The molecule has 0 atom stereocenters. The van der Waals surface area contributed by atoms with Crippen molar-refractivity contribution < 1.29 is 4.39 Å². The van der Waals surface area contributed by atoms with E-state index in [9.17, 15) is 4.39 Å². The fourth-order valence-corrected chi connectivity index (χ4v) is 2.63. The lowest BCUT2D eigenvalue weighted by molar-refractivity contribution is 0.574. The standard InChI is InChI=1S/C13H21FN2S/c1-4-13(5-2,17-3)9-16-12-7-10(14)6-11(15)8-12/h6-8,16H,4-5,9,15H2,1-3H3. The molecule has 0 amide bonds. The minimum atomic E-state index is -0.296. The van der Waals surface area contributed by atoms with Crippen LogP contribution in [0.3, 0.4) is 0 Å². The Morgan fingerprint density at radius 2 is 1.94 bits per heavy atom. The molecule has 0 aromatic heterocycles. The van der Waals surface area contributed by atoms with Crippen LogP contribution in [0.15, 0.2) is 18.2 Å². The van der Waals surface area contributed by atoms with Crippen molar-refractivity contribution in [1.82, 2.24) is 0 Å². The van der Waals surface area contributed by atoms with Crippen molar-refractivity contribution in [3.8, 4) is 0 Å². The Kier molecular flexibility index (Phi) is 5.12. The van der Waals surface area contributed by atoms with E-state index in [1.54, 1.807) is 6.07 Å². The van der Waals surface area contributed by atoms with E-state index in [2.05, 4.69) is 25.4 Å². The van der Waals surface area contributed by atoms with Gasteiger partial charge in [0, 0.05) is 22.7 Å². The highest BCUT2D eigenvalue weighted by atomic mass is 32.2. The third-order valence-corrected chi connectivity index (χ3v) is 4.84. The van der Waals surface area contributed by atoms with Crippen LogP contribution in [0.2, 0.25) is 0 Å². The van der Waals surface area contributed by atoms with E-state index < -0.39 is 0 Å². The summed E-state index contributed by atoms with van der Waals surface area (Å²) >= 11 is 1.86. The SMILES string of the molecule is CCC(CC)(CNc1cc(N)cc(F)c1)SC. The zero-order valence-corrected chi connectivity index (χ0v) is 11.5. The molecule has 0 heterocycles. The van der Waals surface area contributed by atoms with Crippen LogP contribution in [0.1, 0.15) is 26.7 Å². The second kappa shape index (κ2) is 6.15. The topological polar surface area (TPSA) is 38.0 Å². The molecule has 0 spiro atoms. The molecule has 1 rings (SSSR count). The van der Waals surface area contributed by atoms with Crippen LogP contribution in [-0.4, -0.2) is 17.5 Å². The van der Waals surface area contributed by atoms with Crippen LogP contribution in [-0.2, 0) is 0 Å². The molecule has 0 fully saturated rings. The van der Waals surface area contributed by atoms with Gasteiger partial charge < -0.3 is 11.1 Å². The van der Waals surface area contributed by atoms with Gasteiger partial charge in [0.1, 0.15) is 5.82 Å². The van der Waals surface area contributed by atoms with Crippen LogP contribution in [0.5, 0.6) is 0 Å². The number of hydrogen-bond donors (Lipinski definition) is 2. The number of anilines is 2. The average molecular weight is 256 g/mol. The van der Waals surface area contributed by atoms with E-state index in [4.69, 9.17) is 5.73 Å². The summed E-state index contributed by atoms with van der Waals surface area (Å²) in [4.78, 5) is 0. The highest BCUT2D eigenvalue weighted by Crippen LogP contribution is 2.31. The van der Waals surface area contributed by atoms with Crippen LogP contribution >= 0.6 is 11.8 Å². The van der Waals surface area contributed by atoms with Gasteiger partial charge in [-0.2, -0.15) is 11.8 Å². The van der Waals surface area contributed by atoms with Crippen LogP contribution in [0.4, 0.5) is 15.8 Å². The number of halogens is 1. The number of benzene rings is 1. The first-order chi connectivity index (χ1) is 8.05. The van der Waals surface area contributed by atoms with Gasteiger partial charge in [-0.3, -0.25) is 0 Å². The van der Waals surface area contributed by atoms with E-state index >= 15 is 0 Å². The van der Waals surface area contributed by atoms with E-state index in [1.165, 1.54) is 12.1 Å². The average Bonchev–Trinajstić information content (AvgIpc) is 2.30. The number of nitrogen functional groups attached to an aromatic ring is 1. The molecule has 2 nitrogen and oxygen atoms in total. The molecule has 0 unspecified atom stereocenters. The minimum Gasteiger partial charge on any atom is -0.399 e. The number of nitrogens with one attached hydrogen (secondary N) is 1. The molecule has 0 aliphatic carbocycles. The number of nitrogens with two attached hydrogens (primary N) is 1. The third kappa shape index (κ3) is 3.80. The Balaban J connectivity index is 2.71. The maximum absolute atomic E-state index is 13.2. The molecule has 17 heavy (non-hydrogen) atoms. The van der Waals surface area contributed by atoms with Gasteiger partial charge in [-0.15, -0.1) is 0 Å². The van der Waals surface area contributed by atoms with Crippen molar-refractivity contribution in [2.45, 2.75) is 31.4 Å². The Morgan fingerprint density at radius 1 is 1.29 bits per heavy atom. The molecule has 0 radical (unpaired) electrons. The summed E-state index contributed by atoms with van der Waals surface area (Å²) in [6, 6.07) is 4.57. The van der Waals surface area contributed by atoms with Crippen molar-refractivity contribution in [1.29, 1.82) is 0 Å². The quantitative estimate of drug-likeness (QED) is 0.761. The van der Waals surface area contributed by atoms with Gasteiger partial charge in [-0.25, -0.2) is 4.39 Å². The maximum atomic E-state index is 13.2. The van der Waals surface area contributed by atoms with E-state index in [-0.39, 0.29) is 10.6 Å². The largest absolute Gasteiger partial charge is 0.399 e. The van der Waals surface area contributed by atoms with Gasteiger partial charge >= 0.3 is 0 Å². The Morgan fingerprint density at radius 3 is 2.41 bits per heavy atom. The summed E-state index contributed by atoms with van der Waals surface area (Å²) in [5.41, 5.74) is 6.82. The third-order valence-electron chi connectivity index (χ3n) is 3.26. The predicted molar refractivity (Wildman–Crippen MR) is 76.1 cm³/mol. The van der Waals surface area contributed by atoms with Crippen molar-refractivity contribution in [2.75, 3.05) is 23.9 Å². The van der Waals surface area contributed by atoms with Crippen LogP contribution in [0.25, 0.3) is 0 Å². The Labute approximate surface area is 107 Å². The van der Waals surface area contributed by atoms with Gasteiger partial charge in [-0.1, -0.05) is 13.8 Å². The normalized spacial score (nSPS) is 11.5. The van der Waals surface area contributed by atoms with Gasteiger partial charge in [0.2, 0.25) is 0 Å². The molecular weight excluding hydrogens is 235 g/mol. The van der Waals surface area contributed by atoms with Crippen LogP contribution in [0, 0.1) is 5.82 Å². The first-order valence-corrected chi connectivity index (χ1v) is 7.13. The number of thioether (sulfide) groups is 1.